The number of hydrogen-bond acceptors (Lipinski definition) is 12. The maximum Gasteiger partial charge on any atom is 0.323 e. The van der Waals surface area contributed by atoms with Gasteiger partial charge in [0.05, 0.1) is 6.10 Å². The lowest BCUT2D eigenvalue weighted by molar-refractivity contribution is -0.141. The molecule has 0 radical (unpaired) electrons. The number of carbonyl (C=O) groups is 6. The van der Waals surface area contributed by atoms with Crippen LogP contribution in [0.5, 0.6) is 0 Å². The predicted molar refractivity (Wildman–Crippen MR) is 150 cm³/mol. The molecule has 1 rings (SSSR count). The predicted octanol–water partition coefficient (Wildman–Crippen LogP) is -3.91. The Balaban J connectivity index is -0.000000487. The van der Waals surface area contributed by atoms with Crippen molar-refractivity contribution in [2.75, 3.05) is 26.2 Å². The molecule has 0 aliphatic carbocycles. The molecule has 19 heteroatoms. The summed E-state index contributed by atoms with van der Waals surface area (Å²) in [6.45, 7) is 3.81. The number of nitrogens with one attached hydrogen (secondary N) is 3. The van der Waals surface area contributed by atoms with Crippen molar-refractivity contribution in [1.29, 1.82) is 0 Å². The molecule has 0 aromatic rings. The molecule has 19 nitrogen and oxygen atoms in total. The number of hydrogen-bond donors (Lipinski definition) is 13. The van der Waals surface area contributed by atoms with E-state index in [0.717, 1.165) is 0 Å². The molecular formula is C23H48N8O11. The van der Waals surface area contributed by atoms with Gasteiger partial charge in [-0.3, -0.25) is 24.0 Å². The van der Waals surface area contributed by atoms with E-state index in [4.69, 9.17) is 54.2 Å². The molecule has 1 unspecified atom stereocenters. The van der Waals surface area contributed by atoms with Gasteiger partial charge in [0.15, 0.2) is 0 Å². The maximum atomic E-state index is 10.8. The first-order valence-electron chi connectivity index (χ1n) is 13.1. The third kappa shape index (κ3) is 26.6. The SMILES string of the molecule is CCNC(=O)CC[C@H](N)C(=O)O.NC(=O)NCCC[C@H](N)C(=O)O.NCCC[C@H](N)C(=O)O.O=C(O)[C@H]1NCCC1O. The molecule has 1 heterocycles. The van der Waals surface area contributed by atoms with Gasteiger partial charge >= 0.3 is 29.9 Å². The smallest absolute Gasteiger partial charge is 0.323 e. The second-order valence-corrected chi connectivity index (χ2v) is 8.82. The summed E-state index contributed by atoms with van der Waals surface area (Å²) in [6.07, 6.45) is 2.16. The number of urea groups is 1. The minimum absolute atomic E-state index is 0.158. The van der Waals surface area contributed by atoms with Crippen molar-refractivity contribution in [2.24, 2.45) is 28.7 Å². The average Bonchev–Trinajstić information content (AvgIpc) is 3.35. The number of aliphatic carboxylic acids is 4. The van der Waals surface area contributed by atoms with E-state index in [2.05, 4.69) is 16.0 Å². The first-order chi connectivity index (χ1) is 19.5. The summed E-state index contributed by atoms with van der Waals surface area (Å²) in [5.41, 5.74) is 25.4. The van der Waals surface area contributed by atoms with Crippen LogP contribution >= 0.6 is 0 Å². The Hall–Kier alpha value is -3.62. The topological polar surface area (TPSA) is 370 Å². The number of carboxylic acid groups (broad SMARTS) is 4. The normalized spacial score (nSPS) is 17.2. The molecule has 1 saturated heterocycles. The van der Waals surface area contributed by atoms with E-state index >= 15 is 0 Å². The molecule has 1 fully saturated rings. The Morgan fingerprint density at radius 3 is 1.64 bits per heavy atom. The van der Waals surface area contributed by atoms with Crippen LogP contribution in [0, 0.1) is 0 Å². The summed E-state index contributed by atoms with van der Waals surface area (Å²) in [5.74, 6) is -4.19. The van der Waals surface area contributed by atoms with Crippen molar-refractivity contribution in [3.8, 4) is 0 Å². The van der Waals surface area contributed by atoms with Gasteiger partial charge in [0.1, 0.15) is 24.2 Å². The second kappa shape index (κ2) is 26.3. The lowest BCUT2D eigenvalue weighted by atomic mass is 10.1. The molecule has 5 atom stereocenters. The largest absolute Gasteiger partial charge is 0.480 e. The van der Waals surface area contributed by atoms with Crippen LogP contribution in [0.2, 0.25) is 0 Å². The van der Waals surface area contributed by atoms with Crippen LogP contribution in [0.25, 0.3) is 0 Å². The first kappa shape index (κ1) is 42.8. The number of carboxylic acids is 4. The van der Waals surface area contributed by atoms with Gasteiger partial charge in [0.2, 0.25) is 5.91 Å². The Kier molecular flexibility index (Phi) is 26.8. The van der Waals surface area contributed by atoms with Crippen molar-refractivity contribution in [3.63, 3.8) is 0 Å². The van der Waals surface area contributed by atoms with Crippen LogP contribution in [0.4, 0.5) is 4.79 Å². The molecule has 0 saturated carbocycles. The molecule has 18 N–H and O–H groups in total. The molecule has 1 aliphatic rings. The molecule has 0 spiro atoms. The number of aliphatic hydroxyl groups is 1. The zero-order chi connectivity index (χ0) is 33.3. The van der Waals surface area contributed by atoms with E-state index in [1.807, 2.05) is 0 Å². The molecule has 1 aliphatic heterocycles. The van der Waals surface area contributed by atoms with E-state index in [1.165, 1.54) is 0 Å². The van der Waals surface area contributed by atoms with Crippen molar-refractivity contribution >= 4 is 35.8 Å². The van der Waals surface area contributed by atoms with Gasteiger partial charge < -0.3 is 70.2 Å². The fraction of sp³-hybridized carbons (Fsp3) is 0.739. The van der Waals surface area contributed by atoms with Crippen LogP contribution in [0.3, 0.4) is 0 Å². The number of amides is 3. The summed E-state index contributed by atoms with van der Waals surface area (Å²) in [7, 11) is 0. The summed E-state index contributed by atoms with van der Waals surface area (Å²) < 4.78 is 0. The number of carbonyl (C=O) groups excluding carboxylic acids is 2. The zero-order valence-electron chi connectivity index (χ0n) is 23.7. The highest BCUT2D eigenvalue weighted by atomic mass is 16.4. The van der Waals surface area contributed by atoms with Gasteiger partial charge in [-0.05, 0) is 58.5 Å². The highest BCUT2D eigenvalue weighted by Gasteiger charge is 2.30. The fourth-order valence-corrected chi connectivity index (χ4v) is 2.76. The Morgan fingerprint density at radius 2 is 1.31 bits per heavy atom. The highest BCUT2D eigenvalue weighted by Crippen LogP contribution is 2.05. The third-order valence-corrected chi connectivity index (χ3v) is 5.17. The molecule has 0 bridgehead atoms. The van der Waals surface area contributed by atoms with E-state index < -0.39 is 60.2 Å². The van der Waals surface area contributed by atoms with Crippen LogP contribution in [-0.4, -0.2) is 118 Å². The van der Waals surface area contributed by atoms with Gasteiger partial charge in [0, 0.05) is 19.5 Å². The number of rotatable bonds is 15. The quantitative estimate of drug-likeness (QED) is 0.0785. The minimum Gasteiger partial charge on any atom is -0.480 e. The van der Waals surface area contributed by atoms with E-state index in [9.17, 15) is 28.8 Å². The number of primary amides is 1. The van der Waals surface area contributed by atoms with Gasteiger partial charge in [0.25, 0.3) is 0 Å². The summed E-state index contributed by atoms with van der Waals surface area (Å²) in [5, 5.41) is 49.8. The standard InChI is InChI=1S/C7H14N2O3.C6H13N3O3.C5H12N2O2.C5H9NO3/c1-2-9-6(10)4-3-5(8)7(11)12;7-4(5(10)11)2-1-3-9-6(8)12;6-3-1-2-4(7)5(8)9;7-3-1-2-6-4(3)5(8)9/h5H,2-4,8H2,1H3,(H,9,10)(H,11,12);4H,1-3,7H2,(H,10,11)(H3,8,9,12);4H,1-3,6-7H2,(H,8,9);3-4,6-7H,1-2H2,(H,8,9)/t5-;2*4-;3?,4-/m0000/s1. The van der Waals surface area contributed by atoms with E-state index in [1.54, 1.807) is 6.92 Å². The maximum absolute atomic E-state index is 10.8. The molecule has 3 amide bonds. The van der Waals surface area contributed by atoms with Crippen LogP contribution in [0.1, 0.15) is 51.9 Å². The van der Waals surface area contributed by atoms with E-state index in [0.29, 0.717) is 58.3 Å². The average molecular weight is 613 g/mol. The van der Waals surface area contributed by atoms with Crippen LogP contribution in [0.15, 0.2) is 0 Å². The fourth-order valence-electron chi connectivity index (χ4n) is 2.76. The van der Waals surface area contributed by atoms with Crippen molar-refractivity contribution in [2.45, 2.75) is 82.1 Å². The number of nitrogens with two attached hydrogens (primary N) is 5. The molecular weight excluding hydrogens is 564 g/mol. The Bertz CT molecular complexity index is 819. The number of aliphatic hydroxyl groups excluding tert-OH is 1. The van der Waals surface area contributed by atoms with Gasteiger partial charge in [-0.2, -0.15) is 0 Å². The molecule has 246 valence electrons. The minimum atomic E-state index is -1.07. The van der Waals surface area contributed by atoms with Gasteiger partial charge in [-0.25, -0.2) is 4.79 Å². The summed E-state index contributed by atoms with van der Waals surface area (Å²) >= 11 is 0. The molecule has 0 aromatic heterocycles. The van der Waals surface area contributed by atoms with Crippen molar-refractivity contribution < 1.29 is 54.3 Å². The molecule has 0 aromatic carbocycles. The first-order valence-corrected chi connectivity index (χ1v) is 13.1. The lowest BCUT2D eigenvalue weighted by Crippen LogP contribution is -2.38. The Labute approximate surface area is 243 Å². The second-order valence-electron chi connectivity index (χ2n) is 8.82. The highest BCUT2D eigenvalue weighted by molar-refractivity contribution is 5.78. The van der Waals surface area contributed by atoms with Crippen molar-refractivity contribution in [1.82, 2.24) is 16.0 Å². The van der Waals surface area contributed by atoms with Gasteiger partial charge in [-0.15, -0.1) is 0 Å². The Morgan fingerprint density at radius 1 is 0.833 bits per heavy atom. The summed E-state index contributed by atoms with van der Waals surface area (Å²) in [6, 6.07) is -3.90. The summed E-state index contributed by atoms with van der Waals surface area (Å²) in [4.78, 5) is 61.6. The van der Waals surface area contributed by atoms with Crippen LogP contribution < -0.4 is 44.6 Å². The van der Waals surface area contributed by atoms with Crippen LogP contribution in [-0.2, 0) is 24.0 Å². The third-order valence-electron chi connectivity index (χ3n) is 5.17. The zero-order valence-corrected chi connectivity index (χ0v) is 23.7. The van der Waals surface area contributed by atoms with Crippen molar-refractivity contribution in [3.05, 3.63) is 0 Å². The van der Waals surface area contributed by atoms with E-state index in [-0.39, 0.29) is 18.7 Å². The van der Waals surface area contributed by atoms with Gasteiger partial charge in [-0.1, -0.05) is 0 Å². The molecule has 42 heavy (non-hydrogen) atoms. The lowest BCUT2D eigenvalue weighted by Gasteiger charge is -2.06. The monoisotopic (exact) mass is 612 g/mol.